The summed E-state index contributed by atoms with van der Waals surface area (Å²) < 4.78 is 11.3. The van der Waals surface area contributed by atoms with Crippen LogP contribution in [-0.4, -0.2) is 33.1 Å². The van der Waals surface area contributed by atoms with E-state index in [-0.39, 0.29) is 11.8 Å². The minimum atomic E-state index is 0.0211. The van der Waals surface area contributed by atoms with Gasteiger partial charge in [0, 0.05) is 47.8 Å². The molecule has 2 aromatic carbocycles. The Kier molecular flexibility index (Phi) is 19.4. The zero-order chi connectivity index (χ0) is 36.5. The van der Waals surface area contributed by atoms with Gasteiger partial charge in [0.1, 0.15) is 11.5 Å². The van der Waals surface area contributed by atoms with Crippen LogP contribution in [0.25, 0.3) is 22.8 Å². The molecule has 0 aliphatic heterocycles. The van der Waals surface area contributed by atoms with Gasteiger partial charge in [0.25, 0.3) is 0 Å². The first kappa shape index (κ1) is 40.6. The van der Waals surface area contributed by atoms with Gasteiger partial charge in [0.05, 0.1) is 25.4 Å². The van der Waals surface area contributed by atoms with E-state index in [2.05, 4.69) is 45.9 Å². The van der Waals surface area contributed by atoms with Crippen molar-refractivity contribution in [3.63, 3.8) is 0 Å². The average molecular weight is 689 g/mol. The highest BCUT2D eigenvalue weighted by Crippen LogP contribution is 2.21. The molecule has 4 rings (SSSR count). The molecule has 270 valence electrons. The molecule has 2 atom stereocenters. The maximum atomic E-state index is 8.78. The van der Waals surface area contributed by atoms with Crippen molar-refractivity contribution >= 4 is 0 Å². The third-order valence-electron chi connectivity index (χ3n) is 8.60. The number of nitriles is 2. The zero-order valence-corrected chi connectivity index (χ0v) is 31.2. The van der Waals surface area contributed by atoms with E-state index < -0.39 is 0 Å². The summed E-state index contributed by atoms with van der Waals surface area (Å²) in [5.74, 6) is 3.14. The number of hydrogen-bond donors (Lipinski definition) is 0. The Labute approximate surface area is 306 Å². The maximum absolute atomic E-state index is 8.78. The lowest BCUT2D eigenvalue weighted by molar-refractivity contribution is 0.297. The second-order valence-corrected chi connectivity index (χ2v) is 13.2. The number of hydrogen-bond acceptors (Lipinski definition) is 8. The van der Waals surface area contributed by atoms with Crippen molar-refractivity contribution in [2.45, 2.75) is 111 Å². The zero-order valence-electron chi connectivity index (χ0n) is 31.2. The molecule has 0 bridgehead atoms. The highest BCUT2D eigenvalue weighted by molar-refractivity contribution is 5.56. The summed E-state index contributed by atoms with van der Waals surface area (Å²) in [5.41, 5.74) is 4.37. The summed E-state index contributed by atoms with van der Waals surface area (Å²) in [6.07, 6.45) is 22.8. The molecule has 0 fully saturated rings. The van der Waals surface area contributed by atoms with Crippen LogP contribution >= 0.6 is 0 Å². The fourth-order valence-electron chi connectivity index (χ4n) is 5.19. The minimum Gasteiger partial charge on any atom is -0.494 e. The van der Waals surface area contributed by atoms with Crippen LogP contribution in [0.5, 0.6) is 11.5 Å². The van der Waals surface area contributed by atoms with E-state index in [0.29, 0.717) is 13.2 Å². The smallest absolute Gasteiger partial charge is 0.159 e. The monoisotopic (exact) mass is 688 g/mol. The quantitative estimate of drug-likeness (QED) is 0.0794. The molecule has 2 aromatic heterocycles. The second-order valence-electron chi connectivity index (χ2n) is 13.2. The van der Waals surface area contributed by atoms with E-state index >= 15 is 0 Å². The third-order valence-corrected chi connectivity index (χ3v) is 8.60. The van der Waals surface area contributed by atoms with Gasteiger partial charge in [-0.15, -0.1) is 0 Å². The summed E-state index contributed by atoms with van der Waals surface area (Å²) in [6.45, 7) is 9.37. The Morgan fingerprint density at radius 2 is 0.882 bits per heavy atom. The fourth-order valence-corrected chi connectivity index (χ4v) is 5.19. The fraction of sp³-hybridized carbons (Fsp3) is 0.488. The molecule has 0 amide bonds. The number of aromatic nitrogens is 4. The normalized spacial score (nSPS) is 11.7. The SMILES string of the molecule is CCCCCCCc1cnc(-c2ccc(OCCC(C)C#N)cc2)nc1.CCCCCCc1cnc(-c2ccc(OCCC(C)C#N)cc2)nc1. The summed E-state index contributed by atoms with van der Waals surface area (Å²) >= 11 is 0. The van der Waals surface area contributed by atoms with Gasteiger partial charge in [-0.05, 0) is 112 Å². The summed E-state index contributed by atoms with van der Waals surface area (Å²) in [7, 11) is 0. The first-order valence-corrected chi connectivity index (χ1v) is 18.8. The summed E-state index contributed by atoms with van der Waals surface area (Å²) in [4.78, 5) is 18.0. The minimum absolute atomic E-state index is 0.0211. The predicted molar refractivity (Wildman–Crippen MR) is 205 cm³/mol. The van der Waals surface area contributed by atoms with Crippen molar-refractivity contribution < 1.29 is 9.47 Å². The molecule has 8 heteroatoms. The van der Waals surface area contributed by atoms with Crippen LogP contribution < -0.4 is 9.47 Å². The molecule has 0 spiro atoms. The largest absolute Gasteiger partial charge is 0.494 e. The molecular formula is C43H56N6O2. The standard InChI is InChI=1S/C22H29N3O.C21H27N3O/c1-3-4-5-6-7-8-19-16-24-22(25-17-19)20-9-11-21(12-10-20)26-14-13-18(2)15-23;1-3-4-5-6-7-18-15-23-21(24-16-18)19-8-10-20(11-9-19)25-13-12-17(2)14-22/h9-12,16-18H,3-8,13-14H2,1-2H3;8-11,15-17H,3-7,12-13H2,1-2H3. The van der Waals surface area contributed by atoms with Gasteiger partial charge < -0.3 is 9.47 Å². The van der Waals surface area contributed by atoms with Gasteiger partial charge >= 0.3 is 0 Å². The van der Waals surface area contributed by atoms with Gasteiger partial charge in [0.2, 0.25) is 0 Å². The molecular weight excluding hydrogens is 633 g/mol. The Bertz CT molecular complexity index is 1580. The molecule has 2 unspecified atom stereocenters. The van der Waals surface area contributed by atoms with Crippen molar-refractivity contribution in [3.8, 4) is 46.4 Å². The Morgan fingerprint density at radius 1 is 0.529 bits per heavy atom. The first-order chi connectivity index (χ1) is 24.9. The average Bonchev–Trinajstić information content (AvgIpc) is 3.17. The van der Waals surface area contributed by atoms with Crippen molar-refractivity contribution in [1.29, 1.82) is 10.5 Å². The number of nitrogens with zero attached hydrogens (tertiary/aromatic N) is 6. The molecule has 0 aliphatic carbocycles. The number of aryl methyl sites for hydroxylation is 2. The van der Waals surface area contributed by atoms with E-state index in [1.54, 1.807) is 0 Å². The Balaban J connectivity index is 0.000000276. The van der Waals surface area contributed by atoms with Gasteiger partial charge in [-0.3, -0.25) is 0 Å². The topological polar surface area (TPSA) is 118 Å². The Morgan fingerprint density at radius 3 is 1.24 bits per heavy atom. The molecule has 0 aliphatic rings. The van der Waals surface area contributed by atoms with E-state index in [0.717, 1.165) is 60.0 Å². The van der Waals surface area contributed by atoms with Crippen molar-refractivity contribution in [2.75, 3.05) is 13.2 Å². The molecule has 51 heavy (non-hydrogen) atoms. The predicted octanol–water partition coefficient (Wildman–Crippen LogP) is 10.8. The second kappa shape index (κ2) is 24.3. The summed E-state index contributed by atoms with van der Waals surface area (Å²) in [5, 5.41) is 17.5. The highest BCUT2D eigenvalue weighted by atomic mass is 16.5. The van der Waals surface area contributed by atoms with Crippen LogP contribution in [0.4, 0.5) is 0 Å². The number of benzene rings is 2. The van der Waals surface area contributed by atoms with Crippen LogP contribution in [0.15, 0.2) is 73.3 Å². The van der Waals surface area contributed by atoms with E-state index in [4.69, 9.17) is 20.0 Å². The molecule has 0 saturated carbocycles. The molecule has 8 nitrogen and oxygen atoms in total. The van der Waals surface area contributed by atoms with E-state index in [9.17, 15) is 0 Å². The van der Waals surface area contributed by atoms with Crippen molar-refractivity contribution in [3.05, 3.63) is 84.4 Å². The van der Waals surface area contributed by atoms with Gasteiger partial charge in [-0.25, -0.2) is 19.9 Å². The molecule has 0 saturated heterocycles. The summed E-state index contributed by atoms with van der Waals surface area (Å²) in [6, 6.07) is 20.0. The van der Waals surface area contributed by atoms with E-state index in [1.807, 2.05) is 87.2 Å². The van der Waals surface area contributed by atoms with Crippen molar-refractivity contribution in [2.24, 2.45) is 11.8 Å². The first-order valence-electron chi connectivity index (χ1n) is 18.8. The third kappa shape index (κ3) is 16.2. The van der Waals surface area contributed by atoms with Gasteiger partial charge in [0.15, 0.2) is 11.6 Å². The molecule has 0 radical (unpaired) electrons. The van der Waals surface area contributed by atoms with Crippen LogP contribution in [0.1, 0.15) is 109 Å². The lowest BCUT2D eigenvalue weighted by Gasteiger charge is -2.08. The Hall–Kier alpha value is -4.82. The number of unbranched alkanes of at least 4 members (excludes halogenated alkanes) is 7. The number of ether oxygens (including phenoxy) is 2. The van der Waals surface area contributed by atoms with Crippen LogP contribution in [0.3, 0.4) is 0 Å². The number of rotatable bonds is 21. The van der Waals surface area contributed by atoms with Crippen LogP contribution in [0.2, 0.25) is 0 Å². The molecule has 0 N–H and O–H groups in total. The molecule has 4 aromatic rings. The van der Waals surface area contributed by atoms with Crippen molar-refractivity contribution in [1.82, 2.24) is 19.9 Å². The maximum Gasteiger partial charge on any atom is 0.159 e. The molecule has 2 heterocycles. The van der Waals surface area contributed by atoms with E-state index in [1.165, 1.54) is 68.9 Å². The van der Waals surface area contributed by atoms with Gasteiger partial charge in [-0.2, -0.15) is 10.5 Å². The lowest BCUT2D eigenvalue weighted by Crippen LogP contribution is -2.02. The van der Waals surface area contributed by atoms with Gasteiger partial charge in [-0.1, -0.05) is 58.8 Å². The highest BCUT2D eigenvalue weighted by Gasteiger charge is 2.06. The lowest BCUT2D eigenvalue weighted by atomic mass is 10.1. The van der Waals surface area contributed by atoms with Crippen LogP contribution in [-0.2, 0) is 12.8 Å². The van der Waals surface area contributed by atoms with Crippen LogP contribution in [0, 0.1) is 34.5 Å².